The van der Waals surface area contributed by atoms with Gasteiger partial charge < -0.3 is 20.3 Å². The van der Waals surface area contributed by atoms with Gasteiger partial charge >= 0.3 is 5.97 Å². The van der Waals surface area contributed by atoms with Crippen LogP contribution in [-0.2, 0) is 11.2 Å². The van der Waals surface area contributed by atoms with Gasteiger partial charge in [-0.2, -0.15) is 0 Å². The van der Waals surface area contributed by atoms with Crippen LogP contribution >= 0.6 is 12.4 Å². The predicted octanol–water partition coefficient (Wildman–Crippen LogP) is 0.791. The molecule has 1 aliphatic heterocycles. The third kappa shape index (κ3) is 2.56. The fourth-order valence-electron chi connectivity index (χ4n) is 1.41. The Morgan fingerprint density at radius 1 is 1.44 bits per heavy atom. The number of benzene rings is 1. The monoisotopic (exact) mass is 245 g/mol. The second-order valence-electron chi connectivity index (χ2n) is 3.34. The SMILES string of the molecule is Cl.N[C@H](Cc1ccc2c(c1)OCO2)C(=O)O. The van der Waals surface area contributed by atoms with Crippen LogP contribution in [0.5, 0.6) is 11.5 Å². The molecule has 1 aromatic carbocycles. The van der Waals surface area contributed by atoms with E-state index in [1.165, 1.54) is 0 Å². The van der Waals surface area contributed by atoms with E-state index in [2.05, 4.69) is 0 Å². The summed E-state index contributed by atoms with van der Waals surface area (Å²) in [5.74, 6) is 0.320. The summed E-state index contributed by atoms with van der Waals surface area (Å²) in [5.41, 5.74) is 6.25. The molecule has 0 amide bonds. The molecule has 0 unspecified atom stereocenters. The van der Waals surface area contributed by atoms with E-state index in [-0.39, 0.29) is 25.6 Å². The van der Waals surface area contributed by atoms with Crippen LogP contribution in [0.4, 0.5) is 0 Å². The number of hydrogen-bond acceptors (Lipinski definition) is 4. The van der Waals surface area contributed by atoms with Gasteiger partial charge in [-0.15, -0.1) is 12.4 Å². The van der Waals surface area contributed by atoms with Gasteiger partial charge in [-0.1, -0.05) is 6.07 Å². The Morgan fingerprint density at radius 2 is 2.12 bits per heavy atom. The molecule has 0 radical (unpaired) electrons. The molecule has 2 rings (SSSR count). The van der Waals surface area contributed by atoms with Crippen molar-refractivity contribution in [1.82, 2.24) is 0 Å². The Bertz CT molecular complexity index is 396. The average molecular weight is 246 g/mol. The molecule has 0 saturated carbocycles. The van der Waals surface area contributed by atoms with Crippen molar-refractivity contribution in [2.45, 2.75) is 12.5 Å². The van der Waals surface area contributed by atoms with Crippen molar-refractivity contribution in [2.24, 2.45) is 5.73 Å². The van der Waals surface area contributed by atoms with Crippen molar-refractivity contribution in [1.29, 1.82) is 0 Å². The Morgan fingerprint density at radius 3 is 2.81 bits per heavy atom. The summed E-state index contributed by atoms with van der Waals surface area (Å²) in [7, 11) is 0. The van der Waals surface area contributed by atoms with Gasteiger partial charge in [0, 0.05) is 0 Å². The van der Waals surface area contributed by atoms with Gasteiger partial charge in [0.1, 0.15) is 6.04 Å². The molecule has 5 nitrogen and oxygen atoms in total. The van der Waals surface area contributed by atoms with Gasteiger partial charge in [0.15, 0.2) is 11.5 Å². The number of carboxylic acid groups (broad SMARTS) is 1. The number of ether oxygens (including phenoxy) is 2. The topological polar surface area (TPSA) is 81.8 Å². The third-order valence-corrected chi connectivity index (χ3v) is 2.21. The average Bonchev–Trinajstić information content (AvgIpc) is 2.64. The molecular weight excluding hydrogens is 234 g/mol. The quantitative estimate of drug-likeness (QED) is 0.823. The van der Waals surface area contributed by atoms with E-state index in [1.54, 1.807) is 18.2 Å². The molecule has 1 atom stereocenters. The van der Waals surface area contributed by atoms with E-state index in [0.717, 1.165) is 5.56 Å². The minimum Gasteiger partial charge on any atom is -0.480 e. The maximum Gasteiger partial charge on any atom is 0.320 e. The first kappa shape index (κ1) is 12.6. The van der Waals surface area contributed by atoms with Crippen molar-refractivity contribution in [3.05, 3.63) is 23.8 Å². The van der Waals surface area contributed by atoms with Crippen LogP contribution in [0, 0.1) is 0 Å². The highest BCUT2D eigenvalue weighted by Gasteiger charge is 2.16. The molecule has 0 spiro atoms. The van der Waals surface area contributed by atoms with Crippen molar-refractivity contribution < 1.29 is 19.4 Å². The van der Waals surface area contributed by atoms with Gasteiger partial charge in [-0.25, -0.2) is 0 Å². The van der Waals surface area contributed by atoms with E-state index in [9.17, 15) is 4.79 Å². The fraction of sp³-hybridized carbons (Fsp3) is 0.300. The summed E-state index contributed by atoms with van der Waals surface area (Å²) in [6, 6.07) is 4.42. The molecular formula is C10H12ClNO4. The fourth-order valence-corrected chi connectivity index (χ4v) is 1.41. The molecule has 0 fully saturated rings. The lowest BCUT2D eigenvalue weighted by molar-refractivity contribution is -0.138. The summed E-state index contributed by atoms with van der Waals surface area (Å²) < 4.78 is 10.3. The van der Waals surface area contributed by atoms with Gasteiger partial charge in [-0.05, 0) is 24.1 Å². The molecule has 0 aliphatic carbocycles. The zero-order valence-electron chi connectivity index (χ0n) is 8.38. The first-order valence-electron chi connectivity index (χ1n) is 4.54. The van der Waals surface area contributed by atoms with Crippen molar-refractivity contribution >= 4 is 18.4 Å². The Labute approximate surface area is 98.6 Å². The summed E-state index contributed by atoms with van der Waals surface area (Å²) in [6.45, 7) is 0.212. The normalized spacial score (nSPS) is 14.1. The number of carbonyl (C=O) groups is 1. The van der Waals surface area contributed by atoms with E-state index in [1.807, 2.05) is 0 Å². The van der Waals surface area contributed by atoms with Crippen LogP contribution in [0.3, 0.4) is 0 Å². The van der Waals surface area contributed by atoms with Crippen LogP contribution in [0.15, 0.2) is 18.2 Å². The largest absolute Gasteiger partial charge is 0.480 e. The maximum absolute atomic E-state index is 10.6. The van der Waals surface area contributed by atoms with Crippen LogP contribution in [-0.4, -0.2) is 23.9 Å². The number of fused-ring (bicyclic) bond motifs is 1. The van der Waals surface area contributed by atoms with Crippen molar-refractivity contribution in [2.75, 3.05) is 6.79 Å². The number of nitrogens with two attached hydrogens (primary N) is 1. The zero-order chi connectivity index (χ0) is 10.8. The summed E-state index contributed by atoms with van der Waals surface area (Å²) in [5, 5.41) is 8.66. The molecule has 0 aromatic heterocycles. The molecule has 1 heterocycles. The molecule has 3 N–H and O–H groups in total. The lowest BCUT2D eigenvalue weighted by atomic mass is 10.1. The predicted molar refractivity (Wildman–Crippen MR) is 59.1 cm³/mol. The molecule has 16 heavy (non-hydrogen) atoms. The maximum atomic E-state index is 10.6. The van der Waals surface area contributed by atoms with Crippen LogP contribution in [0.1, 0.15) is 5.56 Å². The van der Waals surface area contributed by atoms with Gasteiger partial charge in [-0.3, -0.25) is 4.79 Å². The standard InChI is InChI=1S/C10H11NO4.ClH/c11-7(10(12)13)3-6-1-2-8-9(4-6)15-5-14-8;/h1-2,4,7H,3,5,11H2,(H,12,13);1H/t7-;/m1./s1. The first-order valence-corrected chi connectivity index (χ1v) is 4.54. The smallest absolute Gasteiger partial charge is 0.320 e. The minimum absolute atomic E-state index is 0. The summed E-state index contributed by atoms with van der Waals surface area (Å²) in [4.78, 5) is 10.6. The molecule has 1 aliphatic rings. The third-order valence-electron chi connectivity index (χ3n) is 2.21. The second-order valence-corrected chi connectivity index (χ2v) is 3.34. The Kier molecular flexibility index (Phi) is 3.98. The van der Waals surface area contributed by atoms with E-state index in [0.29, 0.717) is 11.5 Å². The Balaban J connectivity index is 0.00000128. The second kappa shape index (κ2) is 5.05. The molecule has 0 saturated heterocycles. The highest BCUT2D eigenvalue weighted by Crippen LogP contribution is 2.32. The van der Waals surface area contributed by atoms with Crippen molar-refractivity contribution in [3.63, 3.8) is 0 Å². The van der Waals surface area contributed by atoms with E-state index < -0.39 is 12.0 Å². The van der Waals surface area contributed by atoms with Crippen LogP contribution < -0.4 is 15.2 Å². The highest BCUT2D eigenvalue weighted by molar-refractivity contribution is 5.85. The lowest BCUT2D eigenvalue weighted by Crippen LogP contribution is -2.32. The zero-order valence-corrected chi connectivity index (χ0v) is 9.20. The van der Waals surface area contributed by atoms with Crippen molar-refractivity contribution in [3.8, 4) is 11.5 Å². The molecule has 1 aromatic rings. The molecule has 6 heteroatoms. The number of hydrogen-bond donors (Lipinski definition) is 2. The highest BCUT2D eigenvalue weighted by atomic mass is 35.5. The number of aliphatic carboxylic acids is 1. The lowest BCUT2D eigenvalue weighted by Gasteiger charge is -2.06. The summed E-state index contributed by atoms with van der Waals surface area (Å²) >= 11 is 0. The van der Waals surface area contributed by atoms with Crippen LogP contribution in [0.2, 0.25) is 0 Å². The van der Waals surface area contributed by atoms with Gasteiger partial charge in [0.25, 0.3) is 0 Å². The minimum atomic E-state index is -1.01. The number of rotatable bonds is 3. The summed E-state index contributed by atoms with van der Waals surface area (Å²) in [6.07, 6.45) is 0.284. The molecule has 88 valence electrons. The number of halogens is 1. The molecule has 0 bridgehead atoms. The van der Waals surface area contributed by atoms with E-state index in [4.69, 9.17) is 20.3 Å². The number of carboxylic acids is 1. The first-order chi connectivity index (χ1) is 7.16. The van der Waals surface area contributed by atoms with Crippen LogP contribution in [0.25, 0.3) is 0 Å². The Hall–Kier alpha value is -1.46. The van der Waals surface area contributed by atoms with E-state index >= 15 is 0 Å². The van der Waals surface area contributed by atoms with Gasteiger partial charge in [0.05, 0.1) is 0 Å². The van der Waals surface area contributed by atoms with Gasteiger partial charge in [0.2, 0.25) is 6.79 Å².